The molecule has 2 fully saturated rings. The Hall–Kier alpha value is -0.800. The summed E-state index contributed by atoms with van der Waals surface area (Å²) < 4.78 is 6.00. The Labute approximate surface area is 182 Å². The van der Waals surface area contributed by atoms with Crippen molar-refractivity contribution < 1.29 is 9.84 Å². The summed E-state index contributed by atoms with van der Waals surface area (Å²) >= 11 is 0. The van der Waals surface area contributed by atoms with Crippen molar-refractivity contribution in [1.29, 1.82) is 0 Å². The Kier molecular flexibility index (Phi) is 11.4. The maximum atomic E-state index is 10.4. The normalized spacial score (nSPS) is 21.0. The molecule has 6 heteroatoms. The van der Waals surface area contributed by atoms with Gasteiger partial charge in [-0.25, -0.2) is 0 Å². The number of halogens is 2. The molecule has 1 aliphatic heterocycles. The molecule has 1 unspecified atom stereocenters. The van der Waals surface area contributed by atoms with Gasteiger partial charge < -0.3 is 9.84 Å². The zero-order chi connectivity index (χ0) is 18.2. The highest BCUT2D eigenvalue weighted by molar-refractivity contribution is 5.85. The average molecular weight is 429 g/mol. The Morgan fingerprint density at radius 1 is 1.00 bits per heavy atom. The minimum Gasteiger partial charge on any atom is -0.389 e. The lowest BCUT2D eigenvalue weighted by molar-refractivity contribution is -0.0716. The third-order valence-electron chi connectivity index (χ3n) is 5.66. The number of β-amino-alcohol motifs (C(OH)–C–C–N with tert-alkyl or cyclic N) is 1. The maximum Gasteiger partial charge on any atom is 0.128 e. The maximum absolute atomic E-state index is 10.4. The first-order valence-corrected chi connectivity index (χ1v) is 9.97. The molecule has 1 aromatic rings. The van der Waals surface area contributed by atoms with Gasteiger partial charge in [0.05, 0.1) is 12.7 Å². The summed E-state index contributed by atoms with van der Waals surface area (Å²) in [5.41, 5.74) is 0.926. The van der Waals surface area contributed by atoms with Gasteiger partial charge >= 0.3 is 0 Å². The number of hydrogen-bond donors (Lipinski definition) is 1. The van der Waals surface area contributed by atoms with Crippen LogP contribution in [-0.4, -0.2) is 65.9 Å². The van der Waals surface area contributed by atoms with Gasteiger partial charge in [-0.3, -0.25) is 9.80 Å². The van der Waals surface area contributed by atoms with Crippen molar-refractivity contribution in [3.63, 3.8) is 0 Å². The third-order valence-corrected chi connectivity index (χ3v) is 5.66. The monoisotopic (exact) mass is 428 g/mol. The fraction of sp³-hybridized carbons (Fsp3) is 0.636. The molecule has 1 saturated carbocycles. The fourth-order valence-corrected chi connectivity index (χ4v) is 4.03. The zero-order valence-electron chi connectivity index (χ0n) is 16.6. The fourth-order valence-electron chi connectivity index (χ4n) is 4.03. The van der Waals surface area contributed by atoms with Gasteiger partial charge in [0.1, 0.15) is 5.60 Å². The van der Waals surface area contributed by atoms with E-state index in [9.17, 15) is 5.11 Å². The van der Waals surface area contributed by atoms with Crippen LogP contribution >= 0.6 is 24.8 Å². The van der Waals surface area contributed by atoms with E-state index in [2.05, 4.69) is 46.1 Å². The number of aliphatic hydroxyl groups excluding tert-OH is 1. The molecule has 1 saturated heterocycles. The van der Waals surface area contributed by atoms with Crippen molar-refractivity contribution in [3.8, 4) is 12.3 Å². The van der Waals surface area contributed by atoms with Crippen LogP contribution in [0.3, 0.4) is 0 Å². The average Bonchev–Trinajstić information content (AvgIpc) is 2.69. The molecule has 1 aromatic carbocycles. The minimum absolute atomic E-state index is 0. The predicted molar refractivity (Wildman–Crippen MR) is 119 cm³/mol. The Morgan fingerprint density at radius 2 is 1.61 bits per heavy atom. The van der Waals surface area contributed by atoms with E-state index < -0.39 is 11.7 Å². The number of aliphatic hydroxyl groups is 1. The molecule has 1 aliphatic carbocycles. The molecular formula is C22H34Cl2N2O2. The van der Waals surface area contributed by atoms with E-state index in [0.717, 1.165) is 58.4 Å². The summed E-state index contributed by atoms with van der Waals surface area (Å²) in [5.74, 6) is 2.85. The predicted octanol–water partition coefficient (Wildman–Crippen LogP) is 3.36. The number of benzene rings is 1. The number of terminal acetylenes is 1. The highest BCUT2D eigenvalue weighted by Gasteiger charge is 2.31. The van der Waals surface area contributed by atoms with Gasteiger partial charge in [-0.2, -0.15) is 0 Å². The number of nitrogens with zero attached hydrogens (tertiary/aromatic N) is 2. The lowest BCUT2D eigenvalue weighted by Gasteiger charge is -2.37. The van der Waals surface area contributed by atoms with Crippen LogP contribution < -0.4 is 0 Å². The van der Waals surface area contributed by atoms with E-state index in [1.807, 2.05) is 0 Å². The number of piperazine rings is 1. The van der Waals surface area contributed by atoms with Crippen LogP contribution in [0.25, 0.3) is 0 Å². The van der Waals surface area contributed by atoms with Gasteiger partial charge in [0.2, 0.25) is 0 Å². The van der Waals surface area contributed by atoms with Crippen LogP contribution in [0.15, 0.2) is 30.3 Å². The summed E-state index contributed by atoms with van der Waals surface area (Å²) in [6.07, 6.45) is 10.6. The van der Waals surface area contributed by atoms with E-state index in [4.69, 9.17) is 11.2 Å². The summed E-state index contributed by atoms with van der Waals surface area (Å²) in [7, 11) is 0. The van der Waals surface area contributed by atoms with Crippen LogP contribution in [0.4, 0.5) is 0 Å². The lowest BCUT2D eigenvalue weighted by atomic mass is 9.85. The Morgan fingerprint density at radius 3 is 2.21 bits per heavy atom. The van der Waals surface area contributed by atoms with Crippen molar-refractivity contribution in [1.82, 2.24) is 9.80 Å². The number of rotatable bonds is 7. The van der Waals surface area contributed by atoms with E-state index in [0.29, 0.717) is 13.2 Å². The molecule has 3 rings (SSSR count). The standard InChI is InChI=1S/C22H32N2O2.2ClH/c1-2-22(11-7-4-8-12-22)26-19-21(25)18-24-15-13-23(14-16-24)17-20-9-5-3-6-10-20;;/h1,3,5-6,9-10,21,25H,4,7-8,11-19H2;2*1H. The second kappa shape index (κ2) is 12.7. The second-order valence-corrected chi connectivity index (χ2v) is 7.73. The molecule has 4 nitrogen and oxygen atoms in total. The van der Waals surface area contributed by atoms with Gasteiger partial charge in [-0.1, -0.05) is 42.7 Å². The highest BCUT2D eigenvalue weighted by atomic mass is 35.5. The summed E-state index contributed by atoms with van der Waals surface area (Å²) in [6.45, 7) is 6.07. The first-order chi connectivity index (χ1) is 12.7. The first kappa shape index (κ1) is 25.2. The van der Waals surface area contributed by atoms with E-state index in [1.165, 1.54) is 12.0 Å². The topological polar surface area (TPSA) is 35.9 Å². The second-order valence-electron chi connectivity index (χ2n) is 7.73. The SMILES string of the molecule is C#CC1(OCC(O)CN2CCN(Cc3ccccc3)CC2)CCCCC1.Cl.Cl. The van der Waals surface area contributed by atoms with Gasteiger partial charge in [-0.05, 0) is 31.2 Å². The highest BCUT2D eigenvalue weighted by Crippen LogP contribution is 2.31. The quantitative estimate of drug-likeness (QED) is 0.675. The molecule has 0 bridgehead atoms. The van der Waals surface area contributed by atoms with Crippen molar-refractivity contribution >= 4 is 24.8 Å². The van der Waals surface area contributed by atoms with E-state index >= 15 is 0 Å². The van der Waals surface area contributed by atoms with Gasteiger partial charge in [-0.15, -0.1) is 31.2 Å². The molecule has 0 amide bonds. The molecule has 28 heavy (non-hydrogen) atoms. The summed E-state index contributed by atoms with van der Waals surface area (Å²) in [4.78, 5) is 4.81. The molecule has 0 aromatic heterocycles. The minimum atomic E-state index is -0.470. The molecule has 1 N–H and O–H groups in total. The van der Waals surface area contributed by atoms with Crippen LogP contribution in [0, 0.1) is 12.3 Å². The van der Waals surface area contributed by atoms with Crippen LogP contribution in [0.1, 0.15) is 37.7 Å². The summed E-state index contributed by atoms with van der Waals surface area (Å²) in [6, 6.07) is 10.6. The van der Waals surface area contributed by atoms with Gasteiger partial charge in [0.15, 0.2) is 0 Å². The smallest absolute Gasteiger partial charge is 0.128 e. The molecule has 0 spiro atoms. The molecule has 1 heterocycles. The third kappa shape index (κ3) is 7.55. The van der Waals surface area contributed by atoms with Crippen molar-refractivity contribution in [3.05, 3.63) is 35.9 Å². The van der Waals surface area contributed by atoms with Crippen LogP contribution in [0.2, 0.25) is 0 Å². The van der Waals surface area contributed by atoms with Crippen molar-refractivity contribution in [2.45, 2.75) is 50.4 Å². The molecule has 1 atom stereocenters. The number of ether oxygens (including phenoxy) is 1. The van der Waals surface area contributed by atoms with Gasteiger partial charge in [0, 0.05) is 39.3 Å². The van der Waals surface area contributed by atoms with Gasteiger partial charge in [0.25, 0.3) is 0 Å². The summed E-state index contributed by atoms with van der Waals surface area (Å²) in [5, 5.41) is 10.4. The largest absolute Gasteiger partial charge is 0.389 e. The molecule has 2 aliphatic rings. The first-order valence-electron chi connectivity index (χ1n) is 9.97. The van der Waals surface area contributed by atoms with E-state index in [1.54, 1.807) is 0 Å². The molecular weight excluding hydrogens is 395 g/mol. The lowest BCUT2D eigenvalue weighted by Crippen LogP contribution is -2.49. The van der Waals surface area contributed by atoms with Crippen molar-refractivity contribution in [2.24, 2.45) is 0 Å². The Bertz CT molecular complexity index is 580. The molecule has 158 valence electrons. The Balaban J connectivity index is 0.00000196. The van der Waals surface area contributed by atoms with E-state index in [-0.39, 0.29) is 24.8 Å². The van der Waals surface area contributed by atoms with Crippen LogP contribution in [-0.2, 0) is 11.3 Å². The molecule has 0 radical (unpaired) electrons. The van der Waals surface area contributed by atoms with Crippen molar-refractivity contribution in [2.75, 3.05) is 39.3 Å². The zero-order valence-corrected chi connectivity index (χ0v) is 18.2. The number of hydrogen-bond acceptors (Lipinski definition) is 4. The van der Waals surface area contributed by atoms with Crippen LogP contribution in [0.5, 0.6) is 0 Å².